The molecule has 0 fully saturated rings. The minimum atomic E-state index is -0.352. The second kappa shape index (κ2) is 6.61. The van der Waals surface area contributed by atoms with Gasteiger partial charge in [-0.1, -0.05) is 12.1 Å². The van der Waals surface area contributed by atoms with Gasteiger partial charge < -0.3 is 15.5 Å². The molecule has 3 N–H and O–H groups in total. The molecule has 7 heteroatoms. The van der Waals surface area contributed by atoms with Crippen LogP contribution in [0, 0.1) is 12.7 Å². The van der Waals surface area contributed by atoms with Crippen LogP contribution >= 0.6 is 0 Å². The van der Waals surface area contributed by atoms with Crippen LogP contribution in [0.15, 0.2) is 42.6 Å². The number of benzene rings is 2. The first kappa shape index (κ1) is 16.3. The highest BCUT2D eigenvalue weighted by Crippen LogP contribution is 2.35. The van der Waals surface area contributed by atoms with Gasteiger partial charge in [-0.05, 0) is 30.7 Å². The molecule has 1 aliphatic heterocycles. The third-order valence-electron chi connectivity index (χ3n) is 4.27. The molecular weight excluding hydrogens is 333 g/mol. The zero-order valence-electron chi connectivity index (χ0n) is 14.4. The summed E-state index contributed by atoms with van der Waals surface area (Å²) in [7, 11) is 1.62. The maximum Gasteiger partial charge on any atom is 0.164 e. The highest BCUT2D eigenvalue weighted by Gasteiger charge is 2.16. The van der Waals surface area contributed by atoms with Gasteiger partial charge in [0.05, 0.1) is 24.0 Å². The monoisotopic (exact) mass is 351 g/mol. The number of aromatic nitrogens is 2. The zero-order chi connectivity index (χ0) is 18.1. The molecule has 6 nitrogen and oxygen atoms in total. The fourth-order valence-electron chi connectivity index (χ4n) is 2.86. The first-order chi connectivity index (χ1) is 12.7. The lowest BCUT2D eigenvalue weighted by Crippen LogP contribution is -2.10. The molecule has 0 amide bonds. The molecule has 4 rings (SSSR count). The Morgan fingerprint density at radius 1 is 1.23 bits per heavy atom. The molecule has 0 saturated heterocycles. The van der Waals surface area contributed by atoms with Crippen LogP contribution in [0.5, 0.6) is 5.75 Å². The molecule has 0 aliphatic carbocycles. The summed E-state index contributed by atoms with van der Waals surface area (Å²) < 4.78 is 19.6. The molecule has 132 valence electrons. The molecule has 1 aliphatic rings. The lowest BCUT2D eigenvalue weighted by Gasteiger charge is -2.14. The molecule has 26 heavy (non-hydrogen) atoms. The van der Waals surface area contributed by atoms with Crippen molar-refractivity contribution in [3.63, 3.8) is 0 Å². The first-order valence-corrected chi connectivity index (χ1v) is 8.21. The van der Waals surface area contributed by atoms with Crippen molar-refractivity contribution in [2.24, 2.45) is 0 Å². The number of hydrazine groups is 1. The third-order valence-corrected chi connectivity index (χ3v) is 4.27. The van der Waals surface area contributed by atoms with Gasteiger partial charge >= 0.3 is 0 Å². The van der Waals surface area contributed by atoms with Crippen LogP contribution in [-0.4, -0.2) is 17.1 Å². The number of anilines is 3. The zero-order valence-corrected chi connectivity index (χ0v) is 14.4. The molecule has 0 bridgehead atoms. The van der Waals surface area contributed by atoms with Gasteiger partial charge in [-0.2, -0.15) is 0 Å². The van der Waals surface area contributed by atoms with Gasteiger partial charge in [0.2, 0.25) is 0 Å². The van der Waals surface area contributed by atoms with E-state index in [2.05, 4.69) is 26.1 Å². The van der Waals surface area contributed by atoms with Gasteiger partial charge in [-0.25, -0.2) is 19.8 Å². The quantitative estimate of drug-likeness (QED) is 0.665. The molecule has 0 unspecified atom stereocenters. The van der Waals surface area contributed by atoms with Gasteiger partial charge in [-0.3, -0.25) is 0 Å². The molecule has 0 saturated carbocycles. The second-order valence-corrected chi connectivity index (χ2v) is 6.02. The summed E-state index contributed by atoms with van der Waals surface area (Å²) in [6.07, 6.45) is 1.68. The Kier molecular flexibility index (Phi) is 4.14. The van der Waals surface area contributed by atoms with Crippen LogP contribution in [-0.2, 0) is 6.54 Å². The van der Waals surface area contributed by atoms with E-state index in [1.165, 1.54) is 6.07 Å². The average Bonchev–Trinajstić information content (AvgIpc) is 3.10. The molecule has 2 heterocycles. The van der Waals surface area contributed by atoms with E-state index >= 15 is 0 Å². The van der Waals surface area contributed by atoms with Crippen molar-refractivity contribution < 1.29 is 9.13 Å². The minimum absolute atomic E-state index is 0.333. The standard InChI is InChI=1S/C19H18FN5O/c1-11-9-21-19(13-5-3-4-6-14(13)20)24-18(11)23-16-7-12-10-22-25-15(12)8-17(16)26-2/h3-9,22,25H,10H2,1-2H3,(H,21,23,24). The van der Waals surface area contributed by atoms with E-state index < -0.39 is 0 Å². The number of methoxy groups -OCH3 is 1. The Labute approximate surface area is 150 Å². The lowest BCUT2D eigenvalue weighted by molar-refractivity contribution is 0.417. The van der Waals surface area contributed by atoms with Crippen molar-refractivity contribution in [3.05, 3.63) is 59.5 Å². The summed E-state index contributed by atoms with van der Waals surface area (Å²) >= 11 is 0. The van der Waals surface area contributed by atoms with E-state index in [0.717, 1.165) is 29.0 Å². The summed E-state index contributed by atoms with van der Waals surface area (Å²) in [4.78, 5) is 8.79. The number of ether oxygens (including phenoxy) is 1. The largest absolute Gasteiger partial charge is 0.494 e. The molecule has 0 spiro atoms. The number of halogens is 1. The molecule has 3 aromatic rings. The third kappa shape index (κ3) is 2.93. The van der Waals surface area contributed by atoms with Crippen molar-refractivity contribution >= 4 is 17.2 Å². The highest BCUT2D eigenvalue weighted by atomic mass is 19.1. The van der Waals surface area contributed by atoms with Crippen molar-refractivity contribution in [2.75, 3.05) is 17.9 Å². The second-order valence-electron chi connectivity index (χ2n) is 6.02. The van der Waals surface area contributed by atoms with E-state index in [9.17, 15) is 4.39 Å². The lowest BCUT2D eigenvalue weighted by atomic mass is 10.1. The van der Waals surface area contributed by atoms with Crippen molar-refractivity contribution in [1.82, 2.24) is 15.4 Å². The number of nitrogens with zero attached hydrogens (tertiary/aromatic N) is 2. The molecule has 0 radical (unpaired) electrons. The Morgan fingerprint density at radius 2 is 2.08 bits per heavy atom. The van der Waals surface area contributed by atoms with E-state index in [0.29, 0.717) is 23.0 Å². The molecule has 1 aromatic heterocycles. The van der Waals surface area contributed by atoms with Gasteiger partial charge in [0.15, 0.2) is 5.82 Å². The molecular formula is C19H18FN5O. The maximum absolute atomic E-state index is 14.1. The predicted molar refractivity (Wildman–Crippen MR) is 98.9 cm³/mol. The maximum atomic E-state index is 14.1. The fourth-order valence-corrected chi connectivity index (χ4v) is 2.86. The van der Waals surface area contributed by atoms with Crippen LogP contribution < -0.4 is 20.9 Å². The van der Waals surface area contributed by atoms with Crippen LogP contribution in [0.4, 0.5) is 21.6 Å². The molecule has 0 atom stereocenters. The summed E-state index contributed by atoms with van der Waals surface area (Å²) in [5.41, 5.74) is 10.3. The van der Waals surface area contributed by atoms with Crippen molar-refractivity contribution in [2.45, 2.75) is 13.5 Å². The number of nitrogens with one attached hydrogen (secondary N) is 3. The van der Waals surface area contributed by atoms with Crippen LogP contribution in [0.2, 0.25) is 0 Å². The predicted octanol–water partition coefficient (Wildman–Crippen LogP) is 3.77. The minimum Gasteiger partial charge on any atom is -0.494 e. The Morgan fingerprint density at radius 3 is 2.88 bits per heavy atom. The number of aryl methyl sites for hydroxylation is 1. The summed E-state index contributed by atoms with van der Waals surface area (Å²) in [6, 6.07) is 10.4. The van der Waals surface area contributed by atoms with E-state index in [1.54, 1.807) is 31.5 Å². The van der Waals surface area contributed by atoms with E-state index in [4.69, 9.17) is 4.74 Å². The van der Waals surface area contributed by atoms with Crippen molar-refractivity contribution in [1.29, 1.82) is 0 Å². The average molecular weight is 351 g/mol. The van der Waals surface area contributed by atoms with Crippen LogP contribution in [0.3, 0.4) is 0 Å². The number of rotatable bonds is 4. The summed E-state index contributed by atoms with van der Waals surface area (Å²) in [6.45, 7) is 2.62. The Balaban J connectivity index is 1.73. The smallest absolute Gasteiger partial charge is 0.164 e. The van der Waals surface area contributed by atoms with Crippen molar-refractivity contribution in [3.8, 4) is 17.1 Å². The van der Waals surface area contributed by atoms with Gasteiger partial charge in [0.25, 0.3) is 0 Å². The Hall–Kier alpha value is -3.19. The summed E-state index contributed by atoms with van der Waals surface area (Å²) in [5.74, 6) is 1.27. The van der Waals surface area contributed by atoms with Crippen LogP contribution in [0.25, 0.3) is 11.4 Å². The number of fused-ring (bicyclic) bond motifs is 1. The molecule has 2 aromatic carbocycles. The SMILES string of the molecule is COc1cc2c(cc1Nc1nc(-c3ccccc3F)ncc1C)CNN2. The van der Waals surface area contributed by atoms with Gasteiger partial charge in [0, 0.05) is 24.4 Å². The van der Waals surface area contributed by atoms with E-state index in [1.807, 2.05) is 19.1 Å². The number of hydrogen-bond donors (Lipinski definition) is 3. The summed E-state index contributed by atoms with van der Waals surface area (Å²) in [5, 5.41) is 3.30. The van der Waals surface area contributed by atoms with Gasteiger partial charge in [-0.15, -0.1) is 0 Å². The van der Waals surface area contributed by atoms with Crippen LogP contribution in [0.1, 0.15) is 11.1 Å². The van der Waals surface area contributed by atoms with Gasteiger partial charge in [0.1, 0.15) is 17.4 Å². The first-order valence-electron chi connectivity index (χ1n) is 8.21. The topological polar surface area (TPSA) is 71.1 Å². The normalized spacial score (nSPS) is 12.4. The number of hydrogen-bond acceptors (Lipinski definition) is 6. The fraction of sp³-hybridized carbons (Fsp3) is 0.158. The highest BCUT2D eigenvalue weighted by molar-refractivity contribution is 5.73. The Bertz CT molecular complexity index is 976. The van der Waals surface area contributed by atoms with E-state index in [-0.39, 0.29) is 5.82 Å².